The van der Waals surface area contributed by atoms with Gasteiger partial charge in [0.15, 0.2) is 6.61 Å². The number of ether oxygens (including phenoxy) is 1. The summed E-state index contributed by atoms with van der Waals surface area (Å²) in [5.41, 5.74) is 2.01. The lowest BCUT2D eigenvalue weighted by Gasteiger charge is -2.04. The van der Waals surface area contributed by atoms with Crippen molar-refractivity contribution in [2.24, 2.45) is 0 Å². The SMILES string of the molecule is Cc1cccc(-c2nnc(COc3ccc(Cl)c(Cl)c3)o2)c1. The predicted octanol–water partition coefficient (Wildman–Crippen LogP) is 4.93. The standard InChI is InChI=1S/C16H12Cl2N2O2/c1-10-3-2-4-11(7-10)16-20-19-15(22-16)9-21-12-5-6-13(17)14(18)8-12/h2-8H,9H2,1H3. The van der Waals surface area contributed by atoms with Crippen molar-refractivity contribution < 1.29 is 9.15 Å². The molecule has 2 aromatic carbocycles. The summed E-state index contributed by atoms with van der Waals surface area (Å²) in [6.07, 6.45) is 0. The van der Waals surface area contributed by atoms with Crippen LogP contribution in [0.15, 0.2) is 46.9 Å². The van der Waals surface area contributed by atoms with E-state index in [0.717, 1.165) is 11.1 Å². The molecule has 22 heavy (non-hydrogen) atoms. The Morgan fingerprint density at radius 2 is 1.91 bits per heavy atom. The van der Waals surface area contributed by atoms with Crippen LogP contribution < -0.4 is 4.74 Å². The molecule has 0 spiro atoms. The van der Waals surface area contributed by atoms with Gasteiger partial charge >= 0.3 is 0 Å². The Kier molecular flexibility index (Phi) is 4.32. The second-order valence-electron chi connectivity index (χ2n) is 4.74. The first-order chi connectivity index (χ1) is 10.6. The highest BCUT2D eigenvalue weighted by molar-refractivity contribution is 6.42. The van der Waals surface area contributed by atoms with Crippen molar-refractivity contribution in [2.45, 2.75) is 13.5 Å². The van der Waals surface area contributed by atoms with Crippen LogP contribution in [0.2, 0.25) is 10.0 Å². The van der Waals surface area contributed by atoms with Crippen molar-refractivity contribution in [3.8, 4) is 17.2 Å². The number of rotatable bonds is 4. The Bertz CT molecular complexity index is 802. The maximum atomic E-state index is 5.93. The Morgan fingerprint density at radius 1 is 1.05 bits per heavy atom. The summed E-state index contributed by atoms with van der Waals surface area (Å²) in [6, 6.07) is 12.9. The maximum absolute atomic E-state index is 5.93. The van der Waals surface area contributed by atoms with Gasteiger partial charge in [-0.25, -0.2) is 0 Å². The molecule has 0 amide bonds. The summed E-state index contributed by atoms with van der Waals surface area (Å²) in [4.78, 5) is 0. The average Bonchev–Trinajstić information content (AvgIpc) is 2.97. The molecule has 0 atom stereocenters. The number of benzene rings is 2. The first-order valence-corrected chi connectivity index (χ1v) is 7.35. The summed E-state index contributed by atoms with van der Waals surface area (Å²) in [6.45, 7) is 2.17. The van der Waals surface area contributed by atoms with E-state index in [1.165, 1.54) is 0 Å². The van der Waals surface area contributed by atoms with E-state index in [-0.39, 0.29) is 6.61 Å². The molecule has 0 saturated heterocycles. The van der Waals surface area contributed by atoms with E-state index in [1.807, 2.05) is 31.2 Å². The van der Waals surface area contributed by atoms with Crippen LogP contribution in [0.4, 0.5) is 0 Å². The third-order valence-electron chi connectivity index (χ3n) is 2.99. The number of halogens is 2. The molecule has 1 heterocycles. The molecule has 0 fully saturated rings. The van der Waals surface area contributed by atoms with Gasteiger partial charge in [-0.1, -0.05) is 40.9 Å². The van der Waals surface area contributed by atoms with E-state index in [4.69, 9.17) is 32.4 Å². The zero-order chi connectivity index (χ0) is 15.5. The summed E-state index contributed by atoms with van der Waals surface area (Å²) >= 11 is 11.8. The van der Waals surface area contributed by atoms with Crippen molar-refractivity contribution in [2.75, 3.05) is 0 Å². The smallest absolute Gasteiger partial charge is 0.254 e. The predicted molar refractivity (Wildman–Crippen MR) is 85.3 cm³/mol. The monoisotopic (exact) mass is 334 g/mol. The van der Waals surface area contributed by atoms with Gasteiger partial charge in [0.05, 0.1) is 10.0 Å². The number of aryl methyl sites for hydroxylation is 1. The van der Waals surface area contributed by atoms with Crippen LogP contribution in [0.1, 0.15) is 11.5 Å². The second kappa shape index (κ2) is 6.38. The minimum atomic E-state index is 0.163. The van der Waals surface area contributed by atoms with Crippen LogP contribution in [0.5, 0.6) is 5.75 Å². The quantitative estimate of drug-likeness (QED) is 0.678. The molecule has 1 aromatic heterocycles. The van der Waals surface area contributed by atoms with Crippen molar-refractivity contribution in [3.63, 3.8) is 0 Å². The molecular formula is C16H12Cl2N2O2. The van der Waals surface area contributed by atoms with Crippen LogP contribution in [0.3, 0.4) is 0 Å². The molecule has 0 aliphatic carbocycles. The first-order valence-electron chi connectivity index (χ1n) is 6.59. The molecular weight excluding hydrogens is 323 g/mol. The van der Waals surface area contributed by atoms with Crippen LogP contribution in [-0.2, 0) is 6.61 Å². The third-order valence-corrected chi connectivity index (χ3v) is 3.72. The van der Waals surface area contributed by atoms with Gasteiger partial charge in [-0.3, -0.25) is 0 Å². The maximum Gasteiger partial charge on any atom is 0.254 e. The molecule has 0 bridgehead atoms. The number of hydrogen-bond acceptors (Lipinski definition) is 4. The van der Waals surface area contributed by atoms with Crippen LogP contribution in [-0.4, -0.2) is 10.2 Å². The minimum Gasteiger partial charge on any atom is -0.484 e. The topological polar surface area (TPSA) is 48.2 Å². The highest BCUT2D eigenvalue weighted by Gasteiger charge is 2.09. The van der Waals surface area contributed by atoms with Gasteiger partial charge < -0.3 is 9.15 Å². The summed E-state index contributed by atoms with van der Waals surface area (Å²) < 4.78 is 11.2. The Hall–Kier alpha value is -2.04. The number of hydrogen-bond donors (Lipinski definition) is 0. The van der Waals surface area contributed by atoms with E-state index < -0.39 is 0 Å². The average molecular weight is 335 g/mol. The van der Waals surface area contributed by atoms with Gasteiger partial charge in [0.1, 0.15) is 5.75 Å². The van der Waals surface area contributed by atoms with Gasteiger partial charge in [-0.05, 0) is 31.2 Å². The Balaban J connectivity index is 1.70. The molecule has 3 aromatic rings. The van der Waals surface area contributed by atoms with Gasteiger partial charge in [0.2, 0.25) is 5.89 Å². The second-order valence-corrected chi connectivity index (χ2v) is 5.55. The summed E-state index contributed by atoms with van der Waals surface area (Å²) in [5, 5.41) is 8.92. The van der Waals surface area contributed by atoms with Crippen LogP contribution in [0, 0.1) is 6.92 Å². The minimum absolute atomic E-state index is 0.163. The molecule has 112 valence electrons. The fourth-order valence-electron chi connectivity index (χ4n) is 1.92. The van der Waals surface area contributed by atoms with Crippen molar-refractivity contribution >= 4 is 23.2 Å². The fraction of sp³-hybridized carbons (Fsp3) is 0.125. The zero-order valence-electron chi connectivity index (χ0n) is 11.7. The fourth-order valence-corrected chi connectivity index (χ4v) is 2.21. The van der Waals surface area contributed by atoms with Gasteiger partial charge in [-0.2, -0.15) is 0 Å². The summed E-state index contributed by atoms with van der Waals surface area (Å²) in [5.74, 6) is 1.45. The lowest BCUT2D eigenvalue weighted by molar-refractivity contribution is 0.264. The molecule has 0 N–H and O–H groups in total. The molecule has 0 aliphatic rings. The lowest BCUT2D eigenvalue weighted by Crippen LogP contribution is -1.95. The van der Waals surface area contributed by atoms with Crippen LogP contribution in [0.25, 0.3) is 11.5 Å². The van der Waals surface area contributed by atoms with Gasteiger partial charge in [0.25, 0.3) is 5.89 Å². The molecule has 3 rings (SSSR count). The molecule has 6 heteroatoms. The largest absolute Gasteiger partial charge is 0.484 e. The van der Waals surface area contributed by atoms with Crippen LogP contribution >= 0.6 is 23.2 Å². The van der Waals surface area contributed by atoms with Gasteiger partial charge in [-0.15, -0.1) is 10.2 Å². The normalized spacial score (nSPS) is 10.7. The third kappa shape index (κ3) is 3.40. The van der Waals surface area contributed by atoms with E-state index >= 15 is 0 Å². The molecule has 0 saturated carbocycles. The lowest BCUT2D eigenvalue weighted by atomic mass is 10.1. The molecule has 0 aliphatic heterocycles. The molecule has 4 nitrogen and oxygen atoms in total. The van der Waals surface area contributed by atoms with E-state index in [9.17, 15) is 0 Å². The zero-order valence-corrected chi connectivity index (χ0v) is 13.2. The highest BCUT2D eigenvalue weighted by Crippen LogP contribution is 2.27. The highest BCUT2D eigenvalue weighted by atomic mass is 35.5. The Morgan fingerprint density at radius 3 is 2.68 bits per heavy atom. The summed E-state index contributed by atoms with van der Waals surface area (Å²) in [7, 11) is 0. The molecule has 0 radical (unpaired) electrons. The van der Waals surface area contributed by atoms with E-state index in [2.05, 4.69) is 10.2 Å². The first kappa shape index (κ1) is 14.9. The van der Waals surface area contributed by atoms with E-state index in [1.54, 1.807) is 18.2 Å². The van der Waals surface area contributed by atoms with E-state index in [0.29, 0.717) is 27.6 Å². The number of nitrogens with zero attached hydrogens (tertiary/aromatic N) is 2. The number of aromatic nitrogens is 2. The molecule has 0 unspecified atom stereocenters. The van der Waals surface area contributed by atoms with Crippen molar-refractivity contribution in [1.82, 2.24) is 10.2 Å². The van der Waals surface area contributed by atoms with Crippen molar-refractivity contribution in [1.29, 1.82) is 0 Å². The van der Waals surface area contributed by atoms with Crippen molar-refractivity contribution in [3.05, 3.63) is 64.0 Å². The Labute approximate surface area is 137 Å². The van der Waals surface area contributed by atoms with Gasteiger partial charge in [0, 0.05) is 11.6 Å².